The van der Waals surface area contributed by atoms with Crippen LogP contribution in [0.4, 0.5) is 5.82 Å². The Bertz CT molecular complexity index is 370. The number of anilines is 1. The van der Waals surface area contributed by atoms with Gasteiger partial charge in [0.05, 0.1) is 0 Å². The van der Waals surface area contributed by atoms with Crippen molar-refractivity contribution in [2.45, 2.75) is 32.9 Å². The van der Waals surface area contributed by atoms with Crippen LogP contribution in [0.3, 0.4) is 0 Å². The Hall–Kier alpha value is -1.17. The first kappa shape index (κ1) is 14.2. The largest absolute Gasteiger partial charge is 0.308 e. The molecule has 1 aromatic heterocycles. The van der Waals surface area contributed by atoms with Gasteiger partial charge in [0, 0.05) is 45.0 Å². The number of nitrogen functional groups attached to an aromatic ring is 1. The summed E-state index contributed by atoms with van der Waals surface area (Å²) < 4.78 is 0. The fraction of sp³-hybridized carbons (Fsp3) is 0.643. The summed E-state index contributed by atoms with van der Waals surface area (Å²) in [5.41, 5.74) is 3.80. The van der Waals surface area contributed by atoms with Crippen LogP contribution in [0.25, 0.3) is 0 Å². The number of hydrogen-bond donors (Lipinski definition) is 2. The Morgan fingerprint density at radius 2 is 2.05 bits per heavy atom. The van der Waals surface area contributed by atoms with Crippen molar-refractivity contribution in [3.8, 4) is 0 Å². The molecule has 1 unspecified atom stereocenters. The molecule has 0 aliphatic carbocycles. The van der Waals surface area contributed by atoms with E-state index in [4.69, 9.17) is 5.84 Å². The lowest BCUT2D eigenvalue weighted by Crippen LogP contribution is -2.48. The third kappa shape index (κ3) is 3.89. The molecule has 0 amide bonds. The Morgan fingerprint density at radius 1 is 1.32 bits per heavy atom. The van der Waals surface area contributed by atoms with E-state index in [2.05, 4.69) is 40.1 Å². The number of aromatic nitrogens is 1. The van der Waals surface area contributed by atoms with E-state index < -0.39 is 0 Å². The van der Waals surface area contributed by atoms with Crippen molar-refractivity contribution < 1.29 is 0 Å². The SMILES string of the molecule is CCC(C)N1CCN(Cc2ccc(NN)nc2)CC1. The molecule has 0 aromatic carbocycles. The molecule has 1 aliphatic heterocycles. The zero-order valence-corrected chi connectivity index (χ0v) is 12.0. The summed E-state index contributed by atoms with van der Waals surface area (Å²) >= 11 is 0. The topological polar surface area (TPSA) is 57.4 Å². The van der Waals surface area contributed by atoms with Crippen molar-refractivity contribution in [3.63, 3.8) is 0 Å². The van der Waals surface area contributed by atoms with Crippen molar-refractivity contribution in [2.75, 3.05) is 31.6 Å². The second-order valence-electron chi connectivity index (χ2n) is 5.27. The summed E-state index contributed by atoms with van der Waals surface area (Å²) in [5, 5.41) is 0. The van der Waals surface area contributed by atoms with Crippen molar-refractivity contribution in [1.29, 1.82) is 0 Å². The van der Waals surface area contributed by atoms with Gasteiger partial charge < -0.3 is 5.43 Å². The van der Waals surface area contributed by atoms with Gasteiger partial charge in [-0.05, 0) is 25.0 Å². The second kappa shape index (κ2) is 6.84. The summed E-state index contributed by atoms with van der Waals surface area (Å²) in [6.45, 7) is 10.2. The Balaban J connectivity index is 1.81. The number of pyridine rings is 1. The highest BCUT2D eigenvalue weighted by molar-refractivity contribution is 5.33. The first-order chi connectivity index (χ1) is 9.22. The lowest BCUT2D eigenvalue weighted by Gasteiger charge is -2.37. The van der Waals surface area contributed by atoms with E-state index in [0.717, 1.165) is 19.6 Å². The molecule has 5 heteroatoms. The van der Waals surface area contributed by atoms with Crippen molar-refractivity contribution in [3.05, 3.63) is 23.9 Å². The van der Waals surface area contributed by atoms with Crippen LogP contribution in [0.15, 0.2) is 18.3 Å². The highest BCUT2D eigenvalue weighted by Crippen LogP contribution is 2.12. The normalized spacial score (nSPS) is 19.3. The summed E-state index contributed by atoms with van der Waals surface area (Å²) in [7, 11) is 0. The van der Waals surface area contributed by atoms with E-state index >= 15 is 0 Å². The molecule has 0 spiro atoms. The second-order valence-corrected chi connectivity index (χ2v) is 5.27. The number of nitrogens with zero attached hydrogens (tertiary/aromatic N) is 3. The van der Waals surface area contributed by atoms with E-state index in [1.807, 2.05) is 12.3 Å². The molecule has 1 aromatic rings. The smallest absolute Gasteiger partial charge is 0.139 e. The summed E-state index contributed by atoms with van der Waals surface area (Å²) in [6, 6.07) is 4.72. The minimum Gasteiger partial charge on any atom is -0.308 e. The number of nitrogens with two attached hydrogens (primary N) is 1. The van der Waals surface area contributed by atoms with Crippen molar-refractivity contribution in [1.82, 2.24) is 14.8 Å². The minimum absolute atomic E-state index is 0.707. The van der Waals surface area contributed by atoms with Gasteiger partial charge in [-0.25, -0.2) is 10.8 Å². The van der Waals surface area contributed by atoms with Gasteiger partial charge >= 0.3 is 0 Å². The molecular weight excluding hydrogens is 238 g/mol. The van der Waals surface area contributed by atoms with Crippen LogP contribution in [0, 0.1) is 0 Å². The molecule has 2 heterocycles. The zero-order valence-electron chi connectivity index (χ0n) is 12.0. The molecular formula is C14H25N5. The molecule has 2 rings (SSSR count). The van der Waals surface area contributed by atoms with Gasteiger partial charge in [0.15, 0.2) is 0 Å². The number of rotatable bonds is 5. The van der Waals surface area contributed by atoms with E-state index in [9.17, 15) is 0 Å². The summed E-state index contributed by atoms with van der Waals surface area (Å²) in [6.07, 6.45) is 3.13. The quantitative estimate of drug-likeness (QED) is 0.619. The molecule has 0 bridgehead atoms. The number of nitrogens with one attached hydrogen (secondary N) is 1. The molecule has 3 N–H and O–H groups in total. The van der Waals surface area contributed by atoms with Crippen LogP contribution < -0.4 is 11.3 Å². The monoisotopic (exact) mass is 263 g/mol. The molecule has 1 fully saturated rings. The Labute approximate surface area is 115 Å². The predicted octanol–water partition coefficient (Wildman–Crippen LogP) is 1.28. The number of hydrogen-bond acceptors (Lipinski definition) is 5. The molecule has 5 nitrogen and oxygen atoms in total. The van der Waals surface area contributed by atoms with Crippen molar-refractivity contribution >= 4 is 5.82 Å². The van der Waals surface area contributed by atoms with Gasteiger partial charge in [-0.2, -0.15) is 0 Å². The lowest BCUT2D eigenvalue weighted by atomic mass is 10.1. The highest BCUT2D eigenvalue weighted by atomic mass is 15.3. The average molecular weight is 263 g/mol. The zero-order chi connectivity index (χ0) is 13.7. The number of piperazine rings is 1. The molecule has 1 atom stereocenters. The first-order valence-electron chi connectivity index (χ1n) is 7.11. The Kier molecular flexibility index (Phi) is 5.13. The molecule has 0 saturated carbocycles. The van der Waals surface area contributed by atoms with Gasteiger partial charge in [0.1, 0.15) is 5.82 Å². The van der Waals surface area contributed by atoms with E-state index in [1.54, 1.807) is 0 Å². The van der Waals surface area contributed by atoms with Crippen LogP contribution in [0.1, 0.15) is 25.8 Å². The Morgan fingerprint density at radius 3 is 2.58 bits per heavy atom. The molecule has 106 valence electrons. The average Bonchev–Trinajstić information content (AvgIpc) is 2.48. The minimum atomic E-state index is 0.707. The fourth-order valence-corrected chi connectivity index (χ4v) is 2.48. The lowest BCUT2D eigenvalue weighted by molar-refractivity contribution is 0.0963. The maximum Gasteiger partial charge on any atom is 0.139 e. The molecule has 0 radical (unpaired) electrons. The number of hydrazine groups is 1. The maximum absolute atomic E-state index is 5.31. The summed E-state index contributed by atoms with van der Waals surface area (Å²) in [4.78, 5) is 9.32. The van der Waals surface area contributed by atoms with Gasteiger partial charge in [-0.15, -0.1) is 0 Å². The molecule has 19 heavy (non-hydrogen) atoms. The van der Waals surface area contributed by atoms with Gasteiger partial charge in [-0.3, -0.25) is 9.80 Å². The van der Waals surface area contributed by atoms with Gasteiger partial charge in [-0.1, -0.05) is 13.0 Å². The van der Waals surface area contributed by atoms with Crippen LogP contribution in [-0.4, -0.2) is 47.0 Å². The van der Waals surface area contributed by atoms with E-state index in [0.29, 0.717) is 11.9 Å². The third-order valence-electron chi connectivity index (χ3n) is 4.00. The van der Waals surface area contributed by atoms with Crippen LogP contribution in [0.2, 0.25) is 0 Å². The first-order valence-corrected chi connectivity index (χ1v) is 7.11. The maximum atomic E-state index is 5.31. The fourth-order valence-electron chi connectivity index (χ4n) is 2.48. The third-order valence-corrected chi connectivity index (χ3v) is 4.00. The van der Waals surface area contributed by atoms with E-state index in [-0.39, 0.29) is 0 Å². The molecule has 1 aliphatic rings. The standard InChI is InChI=1S/C14H25N5/c1-3-12(2)19-8-6-18(7-9-19)11-13-4-5-14(17-15)16-10-13/h4-5,10,12H,3,6-9,11,15H2,1-2H3,(H,16,17). The predicted molar refractivity (Wildman–Crippen MR) is 78.7 cm³/mol. The summed E-state index contributed by atoms with van der Waals surface area (Å²) in [5.74, 6) is 6.03. The van der Waals surface area contributed by atoms with Crippen LogP contribution in [-0.2, 0) is 6.54 Å². The van der Waals surface area contributed by atoms with Gasteiger partial charge in [0.25, 0.3) is 0 Å². The highest BCUT2D eigenvalue weighted by Gasteiger charge is 2.19. The van der Waals surface area contributed by atoms with Crippen molar-refractivity contribution in [2.24, 2.45) is 5.84 Å². The van der Waals surface area contributed by atoms with Crippen LogP contribution in [0.5, 0.6) is 0 Å². The van der Waals surface area contributed by atoms with E-state index in [1.165, 1.54) is 25.1 Å². The van der Waals surface area contributed by atoms with Gasteiger partial charge in [0.2, 0.25) is 0 Å². The molecule has 1 saturated heterocycles. The van der Waals surface area contributed by atoms with Crippen LogP contribution >= 0.6 is 0 Å².